The molecule has 166 valence electrons. The minimum atomic E-state index is -0.630. The maximum atomic E-state index is 13.2. The lowest BCUT2D eigenvalue weighted by molar-refractivity contribution is -0.162. The number of carbonyl (C=O) groups is 1. The lowest BCUT2D eigenvalue weighted by atomic mass is 9.74. The third kappa shape index (κ3) is 4.95. The highest BCUT2D eigenvalue weighted by molar-refractivity contribution is 6.01. The number of hydrogen-bond acceptors (Lipinski definition) is 6. The molecule has 2 aromatic rings. The van der Waals surface area contributed by atoms with Crippen molar-refractivity contribution in [3.63, 3.8) is 0 Å². The van der Waals surface area contributed by atoms with Gasteiger partial charge < -0.3 is 9.57 Å². The van der Waals surface area contributed by atoms with Gasteiger partial charge in [-0.05, 0) is 44.0 Å². The van der Waals surface area contributed by atoms with Crippen LogP contribution >= 0.6 is 0 Å². The first kappa shape index (κ1) is 21.5. The SMILES string of the molecule is CCOC(=O)C1(CC2CC(c3ccc(F)cc3)=NO2)CCCN(Cc2cnn(C)c2)C1. The van der Waals surface area contributed by atoms with Gasteiger partial charge in [0, 0.05) is 44.7 Å². The monoisotopic (exact) mass is 428 g/mol. The summed E-state index contributed by atoms with van der Waals surface area (Å²) in [4.78, 5) is 21.1. The van der Waals surface area contributed by atoms with Crippen LogP contribution in [0.3, 0.4) is 0 Å². The number of halogens is 1. The van der Waals surface area contributed by atoms with E-state index in [2.05, 4.69) is 15.2 Å². The van der Waals surface area contributed by atoms with Crippen LogP contribution in [0.2, 0.25) is 0 Å². The molecule has 2 aliphatic heterocycles. The summed E-state index contributed by atoms with van der Waals surface area (Å²) in [5.74, 6) is -0.443. The number of esters is 1. The zero-order chi connectivity index (χ0) is 21.8. The molecule has 2 aliphatic rings. The van der Waals surface area contributed by atoms with Crippen LogP contribution in [0.5, 0.6) is 0 Å². The second-order valence-electron chi connectivity index (χ2n) is 8.52. The van der Waals surface area contributed by atoms with Crippen molar-refractivity contribution >= 4 is 11.7 Å². The van der Waals surface area contributed by atoms with Crippen molar-refractivity contribution in [2.24, 2.45) is 17.6 Å². The van der Waals surface area contributed by atoms with E-state index in [-0.39, 0.29) is 17.9 Å². The molecule has 4 rings (SSSR count). The van der Waals surface area contributed by atoms with Gasteiger partial charge in [0.15, 0.2) is 0 Å². The van der Waals surface area contributed by atoms with Crippen molar-refractivity contribution in [3.8, 4) is 0 Å². The zero-order valence-electron chi connectivity index (χ0n) is 18.1. The average Bonchev–Trinajstić information content (AvgIpc) is 3.38. The number of likely N-dealkylation sites (tertiary alicyclic amines) is 1. The quantitative estimate of drug-likeness (QED) is 0.633. The first-order valence-electron chi connectivity index (χ1n) is 10.8. The van der Waals surface area contributed by atoms with Crippen molar-refractivity contribution in [2.45, 2.75) is 45.3 Å². The van der Waals surface area contributed by atoms with E-state index >= 15 is 0 Å². The highest BCUT2D eigenvalue weighted by Gasteiger charge is 2.46. The number of piperidine rings is 1. The molecule has 0 bridgehead atoms. The Morgan fingerprint density at radius 2 is 2.16 bits per heavy atom. The largest absolute Gasteiger partial charge is 0.466 e. The molecule has 0 radical (unpaired) electrons. The number of hydrogen-bond donors (Lipinski definition) is 0. The van der Waals surface area contributed by atoms with Crippen LogP contribution in [0, 0.1) is 11.2 Å². The minimum Gasteiger partial charge on any atom is -0.466 e. The molecule has 0 saturated carbocycles. The van der Waals surface area contributed by atoms with Gasteiger partial charge in [-0.2, -0.15) is 5.10 Å². The fraction of sp³-hybridized carbons (Fsp3) is 0.522. The van der Waals surface area contributed by atoms with Crippen molar-refractivity contribution in [2.75, 3.05) is 19.7 Å². The van der Waals surface area contributed by atoms with Gasteiger partial charge in [0.25, 0.3) is 0 Å². The van der Waals surface area contributed by atoms with E-state index in [1.807, 2.05) is 26.4 Å². The summed E-state index contributed by atoms with van der Waals surface area (Å²) in [6.07, 6.45) is 6.48. The van der Waals surface area contributed by atoms with Gasteiger partial charge in [-0.3, -0.25) is 14.4 Å². The normalized spacial score (nSPS) is 24.0. The molecule has 7 nitrogen and oxygen atoms in total. The summed E-state index contributed by atoms with van der Waals surface area (Å²) in [6.45, 7) is 4.49. The number of aromatic nitrogens is 2. The number of rotatable bonds is 7. The molecule has 0 spiro atoms. The Morgan fingerprint density at radius 1 is 1.35 bits per heavy atom. The Kier molecular flexibility index (Phi) is 6.36. The molecule has 1 saturated heterocycles. The lowest BCUT2D eigenvalue weighted by Gasteiger charge is -2.41. The van der Waals surface area contributed by atoms with Gasteiger partial charge >= 0.3 is 5.97 Å². The van der Waals surface area contributed by atoms with Crippen LogP contribution in [0.4, 0.5) is 4.39 Å². The third-order valence-corrected chi connectivity index (χ3v) is 6.06. The third-order valence-electron chi connectivity index (χ3n) is 6.06. The number of ether oxygens (including phenoxy) is 1. The van der Waals surface area contributed by atoms with Crippen molar-refractivity contribution < 1.29 is 18.8 Å². The number of oxime groups is 1. The van der Waals surface area contributed by atoms with Gasteiger partial charge in [0.2, 0.25) is 0 Å². The fourth-order valence-corrected chi connectivity index (χ4v) is 4.66. The summed E-state index contributed by atoms with van der Waals surface area (Å²) < 4.78 is 20.5. The van der Waals surface area contributed by atoms with E-state index in [1.54, 1.807) is 16.8 Å². The van der Waals surface area contributed by atoms with E-state index in [1.165, 1.54) is 12.1 Å². The van der Waals surface area contributed by atoms with Crippen LogP contribution in [-0.4, -0.2) is 52.2 Å². The molecule has 0 aliphatic carbocycles. The second kappa shape index (κ2) is 9.18. The average molecular weight is 429 g/mol. The predicted octanol–water partition coefficient (Wildman–Crippen LogP) is 3.29. The van der Waals surface area contributed by atoms with Crippen LogP contribution in [0.25, 0.3) is 0 Å². The van der Waals surface area contributed by atoms with Gasteiger partial charge in [-0.1, -0.05) is 17.3 Å². The minimum absolute atomic E-state index is 0.162. The van der Waals surface area contributed by atoms with Crippen LogP contribution in [-0.2, 0) is 28.0 Å². The van der Waals surface area contributed by atoms with Crippen LogP contribution in [0.15, 0.2) is 41.8 Å². The summed E-state index contributed by atoms with van der Waals surface area (Å²) in [5.41, 5.74) is 2.12. The van der Waals surface area contributed by atoms with Gasteiger partial charge in [0.05, 0.1) is 23.9 Å². The Hall–Kier alpha value is -2.74. The topological polar surface area (TPSA) is 69.0 Å². The Bertz CT molecular complexity index is 943. The summed E-state index contributed by atoms with van der Waals surface area (Å²) in [5, 5.41) is 8.47. The Labute approximate surface area is 181 Å². The predicted molar refractivity (Wildman–Crippen MR) is 114 cm³/mol. The summed E-state index contributed by atoms with van der Waals surface area (Å²) in [6, 6.07) is 6.25. The number of benzene rings is 1. The molecular weight excluding hydrogens is 399 g/mol. The van der Waals surface area contributed by atoms with E-state index in [0.29, 0.717) is 26.0 Å². The molecule has 8 heteroatoms. The number of carbonyl (C=O) groups excluding carboxylic acids is 1. The van der Waals surface area contributed by atoms with E-state index in [9.17, 15) is 9.18 Å². The van der Waals surface area contributed by atoms with Gasteiger partial charge in [-0.25, -0.2) is 4.39 Å². The summed E-state index contributed by atoms with van der Waals surface area (Å²) in [7, 11) is 1.90. The van der Waals surface area contributed by atoms with E-state index in [4.69, 9.17) is 9.57 Å². The zero-order valence-corrected chi connectivity index (χ0v) is 18.1. The molecule has 0 N–H and O–H groups in total. The van der Waals surface area contributed by atoms with Crippen molar-refractivity contribution in [1.82, 2.24) is 14.7 Å². The number of nitrogens with zero attached hydrogens (tertiary/aromatic N) is 4. The molecule has 2 atom stereocenters. The van der Waals surface area contributed by atoms with Crippen LogP contribution in [0.1, 0.15) is 43.7 Å². The molecule has 1 aromatic heterocycles. The standard InChI is InChI=1S/C23H29FN4O3/c1-3-30-22(29)23(9-4-10-28(16-23)15-17-13-25-27(2)14-17)12-20-11-21(26-31-20)18-5-7-19(24)8-6-18/h5-8,13-14,20H,3-4,9-12,15-16H2,1-2H3. The molecule has 3 heterocycles. The highest BCUT2D eigenvalue weighted by atomic mass is 19.1. The molecule has 1 aromatic carbocycles. The van der Waals surface area contributed by atoms with E-state index in [0.717, 1.165) is 42.8 Å². The summed E-state index contributed by atoms with van der Waals surface area (Å²) >= 11 is 0. The first-order valence-corrected chi connectivity index (χ1v) is 10.8. The highest BCUT2D eigenvalue weighted by Crippen LogP contribution is 2.39. The van der Waals surface area contributed by atoms with Gasteiger partial charge in [0.1, 0.15) is 11.9 Å². The molecule has 1 fully saturated rings. The maximum Gasteiger partial charge on any atom is 0.313 e. The number of aryl methyl sites for hydroxylation is 1. The molecular formula is C23H29FN4O3. The van der Waals surface area contributed by atoms with E-state index < -0.39 is 5.41 Å². The molecule has 0 amide bonds. The smallest absolute Gasteiger partial charge is 0.313 e. The molecule has 31 heavy (non-hydrogen) atoms. The van der Waals surface area contributed by atoms with Crippen molar-refractivity contribution in [3.05, 3.63) is 53.6 Å². The lowest BCUT2D eigenvalue weighted by Crippen LogP contribution is -2.49. The second-order valence-corrected chi connectivity index (χ2v) is 8.52. The first-order chi connectivity index (χ1) is 15.0. The van der Waals surface area contributed by atoms with Crippen molar-refractivity contribution in [1.29, 1.82) is 0 Å². The maximum absolute atomic E-state index is 13.2. The molecule has 2 unspecified atom stereocenters. The Balaban J connectivity index is 1.46. The Morgan fingerprint density at radius 3 is 2.87 bits per heavy atom. The van der Waals surface area contributed by atoms with Gasteiger partial charge in [-0.15, -0.1) is 0 Å². The van der Waals surface area contributed by atoms with Crippen LogP contribution < -0.4 is 0 Å². The fourth-order valence-electron chi connectivity index (χ4n) is 4.66.